The van der Waals surface area contributed by atoms with Gasteiger partial charge in [-0.1, -0.05) is 30.3 Å². The summed E-state index contributed by atoms with van der Waals surface area (Å²) in [6.07, 6.45) is 0.194. The molecule has 0 unspecified atom stereocenters. The van der Waals surface area contributed by atoms with Crippen LogP contribution >= 0.6 is 0 Å². The Morgan fingerprint density at radius 2 is 2.00 bits per heavy atom. The normalized spacial score (nSPS) is 16.4. The van der Waals surface area contributed by atoms with Crippen molar-refractivity contribution >= 4 is 11.6 Å². The lowest BCUT2D eigenvalue weighted by atomic mass is 10.1. The fraction of sp³-hybridized carbons (Fsp3) is 0.235. The molecule has 3 rings (SSSR count). The molecule has 1 heterocycles. The minimum absolute atomic E-state index is 0.0881. The second-order valence-electron chi connectivity index (χ2n) is 5.23. The fourth-order valence-electron chi connectivity index (χ4n) is 2.41. The van der Waals surface area contributed by atoms with Gasteiger partial charge in [-0.3, -0.25) is 4.79 Å². The van der Waals surface area contributed by atoms with Gasteiger partial charge in [0.25, 0.3) is 5.91 Å². The molecule has 1 N–H and O–H groups in total. The molecule has 0 saturated carbocycles. The molecule has 2 aromatic carbocycles. The molecule has 1 atom stereocenters. The van der Waals surface area contributed by atoms with Crippen LogP contribution in [-0.4, -0.2) is 12.0 Å². The van der Waals surface area contributed by atoms with Crippen LogP contribution in [0, 0.1) is 13.8 Å². The van der Waals surface area contributed by atoms with Crippen molar-refractivity contribution in [3.8, 4) is 5.75 Å². The molecule has 20 heavy (non-hydrogen) atoms. The Morgan fingerprint density at radius 1 is 1.20 bits per heavy atom. The molecule has 0 saturated heterocycles. The molecule has 1 aliphatic heterocycles. The number of para-hydroxylation sites is 1. The van der Waals surface area contributed by atoms with Crippen LogP contribution in [0.5, 0.6) is 5.75 Å². The van der Waals surface area contributed by atoms with Gasteiger partial charge in [-0.15, -0.1) is 0 Å². The topological polar surface area (TPSA) is 38.3 Å². The van der Waals surface area contributed by atoms with Crippen LogP contribution in [0.1, 0.15) is 16.7 Å². The summed E-state index contributed by atoms with van der Waals surface area (Å²) in [5.74, 6) is 0.725. The average Bonchev–Trinajstić information content (AvgIpc) is 2.87. The predicted octanol–water partition coefficient (Wildman–Crippen LogP) is 3.25. The third kappa shape index (κ3) is 2.39. The van der Waals surface area contributed by atoms with Crippen LogP contribution in [0.15, 0.2) is 42.5 Å². The number of benzene rings is 2. The van der Waals surface area contributed by atoms with E-state index in [1.54, 1.807) is 0 Å². The third-order valence-electron chi connectivity index (χ3n) is 3.59. The molecular formula is C17H17NO2. The van der Waals surface area contributed by atoms with Gasteiger partial charge in [0.15, 0.2) is 6.10 Å². The number of nitrogens with one attached hydrogen (secondary N) is 1. The lowest BCUT2D eigenvalue weighted by Crippen LogP contribution is -2.31. The number of hydrogen-bond acceptors (Lipinski definition) is 2. The van der Waals surface area contributed by atoms with E-state index in [1.165, 1.54) is 0 Å². The van der Waals surface area contributed by atoms with E-state index in [1.807, 2.05) is 56.3 Å². The number of ether oxygens (including phenoxy) is 1. The summed E-state index contributed by atoms with van der Waals surface area (Å²) in [6.45, 7) is 4.00. The number of fused-ring (bicyclic) bond motifs is 1. The summed E-state index contributed by atoms with van der Waals surface area (Å²) in [5.41, 5.74) is 4.13. The Balaban J connectivity index is 1.74. The molecule has 0 radical (unpaired) electrons. The second-order valence-corrected chi connectivity index (χ2v) is 5.23. The highest BCUT2D eigenvalue weighted by Gasteiger charge is 2.28. The van der Waals surface area contributed by atoms with E-state index in [9.17, 15) is 4.79 Å². The quantitative estimate of drug-likeness (QED) is 0.907. The SMILES string of the molecule is Cc1ccc(C)c(NC(=O)[C@@H]2Cc3ccccc3O2)c1. The fourth-order valence-corrected chi connectivity index (χ4v) is 2.41. The second kappa shape index (κ2) is 5.00. The van der Waals surface area contributed by atoms with E-state index >= 15 is 0 Å². The van der Waals surface area contributed by atoms with Gasteiger partial charge in [0, 0.05) is 12.1 Å². The lowest BCUT2D eigenvalue weighted by molar-refractivity contribution is -0.122. The van der Waals surface area contributed by atoms with E-state index in [-0.39, 0.29) is 5.91 Å². The van der Waals surface area contributed by atoms with Gasteiger partial charge in [-0.25, -0.2) is 0 Å². The summed E-state index contributed by atoms with van der Waals surface area (Å²) in [6, 6.07) is 13.8. The molecule has 102 valence electrons. The van der Waals surface area contributed by atoms with Gasteiger partial charge in [-0.2, -0.15) is 0 Å². The molecule has 1 aliphatic rings. The van der Waals surface area contributed by atoms with Gasteiger partial charge in [0.2, 0.25) is 0 Å². The Bertz CT molecular complexity index is 639. The zero-order valence-corrected chi connectivity index (χ0v) is 11.6. The molecule has 0 aliphatic carbocycles. The monoisotopic (exact) mass is 267 g/mol. The summed E-state index contributed by atoms with van der Waals surface area (Å²) < 4.78 is 5.70. The Labute approximate surface area is 118 Å². The molecule has 0 bridgehead atoms. The smallest absolute Gasteiger partial charge is 0.265 e. The summed E-state index contributed by atoms with van der Waals surface area (Å²) in [4.78, 5) is 12.3. The standard InChI is InChI=1S/C17H17NO2/c1-11-7-8-12(2)14(9-11)18-17(19)16-10-13-5-3-4-6-15(13)20-16/h3-9,16H,10H2,1-2H3,(H,18,19)/t16-/m0/s1. The highest BCUT2D eigenvalue weighted by Crippen LogP contribution is 2.29. The predicted molar refractivity (Wildman–Crippen MR) is 79.1 cm³/mol. The van der Waals surface area contributed by atoms with Crippen molar-refractivity contribution in [2.24, 2.45) is 0 Å². The molecule has 0 fully saturated rings. The van der Waals surface area contributed by atoms with Crippen LogP contribution < -0.4 is 10.1 Å². The number of hydrogen-bond donors (Lipinski definition) is 1. The minimum atomic E-state index is -0.438. The van der Waals surface area contributed by atoms with Crippen molar-refractivity contribution in [1.29, 1.82) is 0 Å². The third-order valence-corrected chi connectivity index (χ3v) is 3.59. The van der Waals surface area contributed by atoms with E-state index in [0.29, 0.717) is 6.42 Å². The molecule has 3 heteroatoms. The molecule has 0 spiro atoms. The summed E-state index contributed by atoms with van der Waals surface area (Å²) in [7, 11) is 0. The maximum Gasteiger partial charge on any atom is 0.265 e. The lowest BCUT2D eigenvalue weighted by Gasteiger charge is -2.13. The molecule has 3 nitrogen and oxygen atoms in total. The number of rotatable bonds is 2. The van der Waals surface area contributed by atoms with Crippen LogP contribution in [0.25, 0.3) is 0 Å². The summed E-state index contributed by atoms with van der Waals surface area (Å²) in [5, 5.41) is 2.96. The number of carbonyl (C=O) groups excluding carboxylic acids is 1. The highest BCUT2D eigenvalue weighted by molar-refractivity contribution is 5.95. The first-order valence-corrected chi connectivity index (χ1v) is 6.76. The molecule has 1 amide bonds. The van der Waals surface area contributed by atoms with Crippen molar-refractivity contribution in [3.63, 3.8) is 0 Å². The van der Waals surface area contributed by atoms with Gasteiger partial charge >= 0.3 is 0 Å². The van der Waals surface area contributed by atoms with Gasteiger partial charge in [0.1, 0.15) is 5.75 Å². The first kappa shape index (κ1) is 12.7. The van der Waals surface area contributed by atoms with Crippen molar-refractivity contribution in [2.45, 2.75) is 26.4 Å². The van der Waals surface area contributed by atoms with Crippen molar-refractivity contribution in [1.82, 2.24) is 0 Å². The van der Waals surface area contributed by atoms with E-state index in [4.69, 9.17) is 4.74 Å². The molecule has 2 aromatic rings. The summed E-state index contributed by atoms with van der Waals surface area (Å²) >= 11 is 0. The van der Waals surface area contributed by atoms with Crippen molar-refractivity contribution < 1.29 is 9.53 Å². The number of carbonyl (C=O) groups is 1. The highest BCUT2D eigenvalue weighted by atomic mass is 16.5. The van der Waals surface area contributed by atoms with Crippen molar-refractivity contribution in [3.05, 3.63) is 59.2 Å². The van der Waals surface area contributed by atoms with Crippen LogP contribution in [0.4, 0.5) is 5.69 Å². The van der Waals surface area contributed by atoms with Crippen molar-refractivity contribution in [2.75, 3.05) is 5.32 Å². The zero-order chi connectivity index (χ0) is 14.1. The largest absolute Gasteiger partial charge is 0.480 e. The minimum Gasteiger partial charge on any atom is -0.480 e. The van der Waals surface area contributed by atoms with E-state index in [2.05, 4.69) is 5.32 Å². The first-order chi connectivity index (χ1) is 9.63. The first-order valence-electron chi connectivity index (χ1n) is 6.76. The Hall–Kier alpha value is -2.29. The van der Waals surface area contributed by atoms with Crippen LogP contribution in [0.2, 0.25) is 0 Å². The number of anilines is 1. The Kier molecular flexibility index (Phi) is 3.18. The Morgan fingerprint density at radius 3 is 2.80 bits per heavy atom. The van der Waals surface area contributed by atoms with Gasteiger partial charge < -0.3 is 10.1 Å². The average molecular weight is 267 g/mol. The number of aryl methyl sites for hydroxylation is 2. The van der Waals surface area contributed by atoms with Gasteiger partial charge in [0.05, 0.1) is 0 Å². The maximum atomic E-state index is 12.3. The van der Waals surface area contributed by atoms with E-state index < -0.39 is 6.10 Å². The van der Waals surface area contributed by atoms with Gasteiger partial charge in [-0.05, 0) is 42.7 Å². The van der Waals surface area contributed by atoms with Crippen LogP contribution in [-0.2, 0) is 11.2 Å². The zero-order valence-electron chi connectivity index (χ0n) is 11.6. The van der Waals surface area contributed by atoms with E-state index in [0.717, 1.165) is 28.1 Å². The molecular weight excluding hydrogens is 250 g/mol. The maximum absolute atomic E-state index is 12.3. The number of amides is 1. The molecule has 0 aromatic heterocycles. The van der Waals surface area contributed by atoms with Crippen LogP contribution in [0.3, 0.4) is 0 Å².